The molecule has 150 valence electrons. The number of amides is 1. The molecule has 0 aliphatic carbocycles. The van der Waals surface area contributed by atoms with Gasteiger partial charge in [0.25, 0.3) is 0 Å². The van der Waals surface area contributed by atoms with Crippen LogP contribution in [0.1, 0.15) is 16.8 Å². The number of benzene rings is 2. The molecule has 0 saturated heterocycles. The van der Waals surface area contributed by atoms with E-state index in [1.165, 1.54) is 6.08 Å². The second kappa shape index (κ2) is 8.61. The predicted octanol–water partition coefficient (Wildman–Crippen LogP) is 4.51. The lowest BCUT2D eigenvalue weighted by Crippen LogP contribution is -2.08. The zero-order valence-electron chi connectivity index (χ0n) is 16.9. The van der Waals surface area contributed by atoms with Crippen molar-refractivity contribution >= 4 is 28.7 Å². The maximum Gasteiger partial charge on any atom is 0.248 e. The Morgan fingerprint density at radius 1 is 1.13 bits per heavy atom. The fourth-order valence-corrected chi connectivity index (χ4v) is 3.15. The van der Waals surface area contributed by atoms with Crippen molar-refractivity contribution in [2.45, 2.75) is 13.5 Å². The number of carbonyl (C=O) groups excluding carboxylic acids is 1. The molecule has 4 rings (SSSR count). The van der Waals surface area contributed by atoms with Gasteiger partial charge in [-0.3, -0.25) is 9.48 Å². The summed E-state index contributed by atoms with van der Waals surface area (Å²) >= 11 is 0. The highest BCUT2D eigenvalue weighted by molar-refractivity contribution is 6.02. The van der Waals surface area contributed by atoms with Crippen molar-refractivity contribution in [1.82, 2.24) is 14.8 Å². The summed E-state index contributed by atoms with van der Waals surface area (Å²) in [5.74, 6) is 0.564. The monoisotopic (exact) mass is 398 g/mol. The van der Waals surface area contributed by atoms with Crippen molar-refractivity contribution in [1.29, 1.82) is 0 Å². The van der Waals surface area contributed by atoms with E-state index in [0.717, 1.165) is 33.6 Å². The minimum Gasteiger partial charge on any atom is -0.489 e. The Balaban J connectivity index is 1.35. The van der Waals surface area contributed by atoms with E-state index in [4.69, 9.17) is 4.74 Å². The Morgan fingerprint density at radius 2 is 1.90 bits per heavy atom. The van der Waals surface area contributed by atoms with Gasteiger partial charge >= 0.3 is 0 Å². The van der Waals surface area contributed by atoms with Gasteiger partial charge in [0.2, 0.25) is 5.91 Å². The molecule has 0 saturated carbocycles. The number of pyridine rings is 1. The molecule has 2 aromatic carbocycles. The molecule has 0 fully saturated rings. The van der Waals surface area contributed by atoms with Gasteiger partial charge in [0.1, 0.15) is 12.4 Å². The fraction of sp³-hybridized carbons (Fsp3) is 0.125. The van der Waals surface area contributed by atoms with Gasteiger partial charge in [0.15, 0.2) is 5.65 Å². The molecule has 30 heavy (non-hydrogen) atoms. The van der Waals surface area contributed by atoms with E-state index in [9.17, 15) is 4.79 Å². The number of aryl methyl sites for hydroxylation is 2. The topological polar surface area (TPSA) is 69.0 Å². The summed E-state index contributed by atoms with van der Waals surface area (Å²) in [4.78, 5) is 16.6. The number of fused-ring (bicyclic) bond motifs is 1. The first-order valence-electron chi connectivity index (χ1n) is 9.64. The van der Waals surface area contributed by atoms with E-state index in [1.54, 1.807) is 17.0 Å². The van der Waals surface area contributed by atoms with Crippen LogP contribution in [0.3, 0.4) is 0 Å². The Hall–Kier alpha value is -3.93. The zero-order chi connectivity index (χ0) is 20.9. The lowest BCUT2D eigenvalue weighted by atomic mass is 10.2. The van der Waals surface area contributed by atoms with Crippen molar-refractivity contribution in [3.63, 3.8) is 0 Å². The van der Waals surface area contributed by atoms with Gasteiger partial charge in [-0.05, 0) is 42.3 Å². The van der Waals surface area contributed by atoms with E-state index < -0.39 is 0 Å². The molecule has 0 unspecified atom stereocenters. The van der Waals surface area contributed by atoms with E-state index >= 15 is 0 Å². The number of nitrogens with one attached hydrogen (secondary N) is 1. The minimum absolute atomic E-state index is 0.220. The van der Waals surface area contributed by atoms with Crippen molar-refractivity contribution in [2.75, 3.05) is 5.32 Å². The van der Waals surface area contributed by atoms with Crippen LogP contribution >= 0.6 is 0 Å². The van der Waals surface area contributed by atoms with Crippen LogP contribution in [-0.2, 0) is 18.4 Å². The highest BCUT2D eigenvalue weighted by atomic mass is 16.5. The van der Waals surface area contributed by atoms with Gasteiger partial charge in [-0.25, -0.2) is 4.98 Å². The van der Waals surface area contributed by atoms with E-state index in [1.807, 2.05) is 74.6 Å². The standard InChI is InChI=1S/C24H22N4O2/c1-17-22-14-20(15-25-24(22)28(2)27-17)26-23(29)13-10-18-8-11-21(12-9-18)30-16-19-6-4-3-5-7-19/h3-15H,16H2,1-2H3,(H,26,29)/b13-10+. The van der Waals surface area contributed by atoms with E-state index in [0.29, 0.717) is 12.3 Å². The number of nitrogens with zero attached hydrogens (tertiary/aromatic N) is 3. The Morgan fingerprint density at radius 3 is 2.67 bits per heavy atom. The minimum atomic E-state index is -0.220. The van der Waals surface area contributed by atoms with Gasteiger partial charge < -0.3 is 10.1 Å². The molecule has 0 spiro atoms. The average molecular weight is 398 g/mol. The van der Waals surface area contributed by atoms with Crippen LogP contribution in [-0.4, -0.2) is 20.7 Å². The summed E-state index contributed by atoms with van der Waals surface area (Å²) in [7, 11) is 1.85. The van der Waals surface area contributed by atoms with Gasteiger partial charge in [-0.1, -0.05) is 42.5 Å². The molecule has 0 radical (unpaired) electrons. The number of carbonyl (C=O) groups is 1. The predicted molar refractivity (Wildman–Crippen MR) is 118 cm³/mol. The molecular formula is C24H22N4O2. The largest absolute Gasteiger partial charge is 0.489 e. The lowest BCUT2D eigenvalue weighted by Gasteiger charge is -2.06. The lowest BCUT2D eigenvalue weighted by molar-refractivity contribution is -0.111. The molecule has 0 atom stereocenters. The third kappa shape index (κ3) is 4.55. The summed E-state index contributed by atoms with van der Waals surface area (Å²) in [6.45, 7) is 2.44. The van der Waals surface area contributed by atoms with Gasteiger partial charge in [0.05, 0.1) is 17.6 Å². The van der Waals surface area contributed by atoms with E-state index in [2.05, 4.69) is 15.4 Å². The maximum absolute atomic E-state index is 12.3. The third-order valence-electron chi connectivity index (χ3n) is 4.69. The molecule has 6 heteroatoms. The first kappa shape index (κ1) is 19.4. The highest BCUT2D eigenvalue weighted by Gasteiger charge is 2.08. The van der Waals surface area contributed by atoms with Crippen LogP contribution in [0.4, 0.5) is 5.69 Å². The van der Waals surface area contributed by atoms with Crippen LogP contribution in [0, 0.1) is 6.92 Å². The average Bonchev–Trinajstić information content (AvgIpc) is 3.05. The number of hydrogen-bond acceptors (Lipinski definition) is 4. The maximum atomic E-state index is 12.3. The highest BCUT2D eigenvalue weighted by Crippen LogP contribution is 2.19. The molecule has 1 N–H and O–H groups in total. The number of ether oxygens (including phenoxy) is 1. The molecule has 0 aliphatic heterocycles. The molecule has 0 bridgehead atoms. The molecule has 0 aliphatic rings. The van der Waals surface area contributed by atoms with Crippen LogP contribution < -0.4 is 10.1 Å². The summed E-state index contributed by atoms with van der Waals surface area (Å²) in [6, 6.07) is 19.5. The van der Waals surface area contributed by atoms with Gasteiger partial charge in [-0.15, -0.1) is 0 Å². The first-order chi connectivity index (χ1) is 14.6. The summed E-state index contributed by atoms with van der Waals surface area (Å²) in [5, 5.41) is 8.10. The molecule has 1 amide bonds. The Kier molecular flexibility index (Phi) is 5.57. The van der Waals surface area contributed by atoms with Crippen LogP contribution in [0.15, 0.2) is 72.9 Å². The quantitative estimate of drug-likeness (QED) is 0.485. The summed E-state index contributed by atoms with van der Waals surface area (Å²) < 4.78 is 7.51. The van der Waals surface area contributed by atoms with Crippen LogP contribution in [0.2, 0.25) is 0 Å². The van der Waals surface area contributed by atoms with Crippen LogP contribution in [0.25, 0.3) is 17.1 Å². The second-order valence-electron chi connectivity index (χ2n) is 6.97. The number of hydrogen-bond donors (Lipinski definition) is 1. The van der Waals surface area contributed by atoms with Crippen molar-refractivity contribution in [2.24, 2.45) is 7.05 Å². The van der Waals surface area contributed by atoms with Crippen molar-refractivity contribution in [3.8, 4) is 5.75 Å². The normalized spacial score (nSPS) is 11.1. The summed E-state index contributed by atoms with van der Waals surface area (Å²) in [6.07, 6.45) is 4.89. The molecule has 6 nitrogen and oxygen atoms in total. The smallest absolute Gasteiger partial charge is 0.248 e. The SMILES string of the molecule is Cc1nn(C)c2ncc(NC(=O)/C=C/c3ccc(OCc4ccccc4)cc3)cc12. The first-order valence-corrected chi connectivity index (χ1v) is 9.64. The number of rotatable bonds is 6. The molecule has 2 heterocycles. The molecule has 4 aromatic rings. The van der Waals surface area contributed by atoms with E-state index in [-0.39, 0.29) is 5.91 Å². The number of aromatic nitrogens is 3. The van der Waals surface area contributed by atoms with Crippen molar-refractivity contribution < 1.29 is 9.53 Å². The molecule has 2 aromatic heterocycles. The molecular weight excluding hydrogens is 376 g/mol. The fourth-order valence-electron chi connectivity index (χ4n) is 3.15. The second-order valence-corrected chi connectivity index (χ2v) is 6.97. The van der Waals surface area contributed by atoms with Crippen molar-refractivity contribution in [3.05, 3.63) is 89.8 Å². The zero-order valence-corrected chi connectivity index (χ0v) is 16.9. The van der Waals surface area contributed by atoms with Gasteiger partial charge in [-0.2, -0.15) is 5.10 Å². The Bertz CT molecular complexity index is 1200. The Labute approximate surface area is 174 Å². The number of anilines is 1. The summed E-state index contributed by atoms with van der Waals surface area (Å²) in [5.41, 5.74) is 4.33. The van der Waals surface area contributed by atoms with Crippen LogP contribution in [0.5, 0.6) is 5.75 Å². The third-order valence-corrected chi connectivity index (χ3v) is 4.69. The van der Waals surface area contributed by atoms with Gasteiger partial charge in [0, 0.05) is 18.5 Å².